The second-order valence-corrected chi connectivity index (χ2v) is 4.25. The summed E-state index contributed by atoms with van der Waals surface area (Å²) in [6.07, 6.45) is 0. The molecule has 88 valence electrons. The molecule has 0 unspecified atom stereocenters. The molecule has 0 aliphatic heterocycles. The molecule has 1 amide bonds. The van der Waals surface area contributed by atoms with Gasteiger partial charge in [-0.25, -0.2) is 0 Å². The Morgan fingerprint density at radius 2 is 2.06 bits per heavy atom. The van der Waals surface area contributed by atoms with Crippen LogP contribution in [-0.4, -0.2) is 10.3 Å². The van der Waals surface area contributed by atoms with Gasteiger partial charge in [-0.05, 0) is 17.1 Å². The minimum atomic E-state index is -0.563. The zero-order chi connectivity index (χ0) is 12.3. The predicted molar refractivity (Wildman–Crippen MR) is 68.8 cm³/mol. The molecule has 0 spiro atoms. The monoisotopic (exact) mass is 248 g/mol. The number of primary amides is 1. The number of aromatic nitrogens is 1. The number of nitrogens with one attached hydrogen (secondary N) is 1. The molecule has 1 aromatic heterocycles. The van der Waals surface area contributed by atoms with Gasteiger partial charge in [0, 0.05) is 6.54 Å². The molecule has 0 atom stereocenters. The number of benzene rings is 1. The Morgan fingerprint density at radius 3 is 2.71 bits per heavy atom. The number of anilines is 2. The number of nitrogen functional groups attached to an aromatic ring is 1. The van der Waals surface area contributed by atoms with Crippen LogP contribution in [0.25, 0.3) is 0 Å². The number of amides is 1. The number of carbonyl (C=O) groups is 1. The highest BCUT2D eigenvalue weighted by atomic mass is 32.1. The predicted octanol–water partition coefficient (Wildman–Crippen LogP) is 1.44. The lowest BCUT2D eigenvalue weighted by molar-refractivity contribution is 0.100. The Balaban J connectivity index is 2.12. The summed E-state index contributed by atoms with van der Waals surface area (Å²) in [6.45, 7) is 0.600. The summed E-state index contributed by atoms with van der Waals surface area (Å²) >= 11 is 1.14. The Kier molecular flexibility index (Phi) is 3.24. The minimum absolute atomic E-state index is 0.179. The van der Waals surface area contributed by atoms with Crippen LogP contribution in [0.3, 0.4) is 0 Å². The molecule has 2 rings (SSSR count). The third kappa shape index (κ3) is 2.54. The maximum Gasteiger partial charge on any atom is 0.255 e. The van der Waals surface area contributed by atoms with E-state index >= 15 is 0 Å². The number of hydrogen-bond acceptors (Lipinski definition) is 5. The van der Waals surface area contributed by atoms with Crippen molar-refractivity contribution in [1.29, 1.82) is 0 Å². The summed E-state index contributed by atoms with van der Waals surface area (Å²) in [5.74, 6) is -0.384. The molecule has 1 heterocycles. The fraction of sp³-hybridized carbons (Fsp3) is 0.0909. The lowest BCUT2D eigenvalue weighted by atomic mass is 10.2. The molecule has 5 N–H and O–H groups in total. The van der Waals surface area contributed by atoms with Gasteiger partial charge < -0.3 is 16.8 Å². The van der Waals surface area contributed by atoms with Gasteiger partial charge in [0.05, 0.1) is 0 Å². The summed E-state index contributed by atoms with van der Waals surface area (Å²) in [6, 6.07) is 9.83. The van der Waals surface area contributed by atoms with E-state index in [2.05, 4.69) is 9.69 Å². The summed E-state index contributed by atoms with van der Waals surface area (Å²) < 4.78 is 3.91. The van der Waals surface area contributed by atoms with Crippen molar-refractivity contribution in [2.24, 2.45) is 5.73 Å². The normalized spacial score (nSPS) is 10.1. The molecule has 0 radical (unpaired) electrons. The van der Waals surface area contributed by atoms with Crippen LogP contribution in [0.4, 0.5) is 10.8 Å². The maximum atomic E-state index is 11.2. The third-order valence-corrected chi connectivity index (χ3v) is 3.08. The van der Waals surface area contributed by atoms with Crippen molar-refractivity contribution in [2.75, 3.05) is 11.1 Å². The SMILES string of the molecule is NC(=O)c1c(N)nsc1NCc1ccccc1. The van der Waals surface area contributed by atoms with Gasteiger partial charge in [0.15, 0.2) is 5.82 Å². The second kappa shape index (κ2) is 4.84. The van der Waals surface area contributed by atoms with Gasteiger partial charge in [0.1, 0.15) is 10.6 Å². The number of nitrogens with two attached hydrogens (primary N) is 2. The molecular weight excluding hydrogens is 236 g/mol. The van der Waals surface area contributed by atoms with Crippen molar-refractivity contribution in [3.05, 3.63) is 41.5 Å². The van der Waals surface area contributed by atoms with E-state index in [1.165, 1.54) is 0 Å². The van der Waals surface area contributed by atoms with Crippen LogP contribution in [-0.2, 0) is 6.54 Å². The Morgan fingerprint density at radius 1 is 1.35 bits per heavy atom. The molecule has 6 heteroatoms. The van der Waals surface area contributed by atoms with E-state index in [4.69, 9.17) is 11.5 Å². The van der Waals surface area contributed by atoms with E-state index in [0.29, 0.717) is 11.5 Å². The van der Waals surface area contributed by atoms with Crippen LogP contribution in [0.1, 0.15) is 15.9 Å². The maximum absolute atomic E-state index is 11.2. The fourth-order valence-corrected chi connectivity index (χ4v) is 2.15. The third-order valence-electron chi connectivity index (χ3n) is 2.26. The molecule has 1 aromatic carbocycles. The number of carbonyl (C=O) groups excluding carboxylic acids is 1. The van der Waals surface area contributed by atoms with Gasteiger partial charge in [0.25, 0.3) is 5.91 Å². The van der Waals surface area contributed by atoms with Crippen LogP contribution < -0.4 is 16.8 Å². The highest BCUT2D eigenvalue weighted by Crippen LogP contribution is 2.26. The quantitative estimate of drug-likeness (QED) is 0.763. The molecular formula is C11H12N4OS. The van der Waals surface area contributed by atoms with Crippen molar-refractivity contribution >= 4 is 28.3 Å². The van der Waals surface area contributed by atoms with Crippen LogP contribution in [0.2, 0.25) is 0 Å². The van der Waals surface area contributed by atoms with Crippen LogP contribution in [0, 0.1) is 0 Å². The van der Waals surface area contributed by atoms with Gasteiger partial charge in [0.2, 0.25) is 0 Å². The van der Waals surface area contributed by atoms with E-state index in [9.17, 15) is 4.79 Å². The lowest BCUT2D eigenvalue weighted by Crippen LogP contribution is -2.14. The Hall–Kier alpha value is -2.08. The number of rotatable bonds is 4. The fourth-order valence-electron chi connectivity index (χ4n) is 1.44. The van der Waals surface area contributed by atoms with Gasteiger partial charge in [-0.1, -0.05) is 30.3 Å². The van der Waals surface area contributed by atoms with E-state index in [-0.39, 0.29) is 11.4 Å². The average Bonchev–Trinajstić information content (AvgIpc) is 2.69. The molecule has 2 aromatic rings. The summed E-state index contributed by atoms with van der Waals surface area (Å²) in [5, 5.41) is 3.72. The van der Waals surface area contributed by atoms with Crippen molar-refractivity contribution < 1.29 is 4.79 Å². The molecule has 5 nitrogen and oxygen atoms in total. The lowest BCUT2D eigenvalue weighted by Gasteiger charge is -2.04. The first-order valence-electron chi connectivity index (χ1n) is 5.01. The molecule has 0 bridgehead atoms. The standard InChI is InChI=1S/C11H12N4OS/c12-9-8(10(13)16)11(17-15-9)14-6-7-4-2-1-3-5-7/h1-5,14H,6H2,(H2,12,15)(H2,13,16). The van der Waals surface area contributed by atoms with E-state index in [1.54, 1.807) is 0 Å². The van der Waals surface area contributed by atoms with Crippen LogP contribution in [0.5, 0.6) is 0 Å². The van der Waals surface area contributed by atoms with E-state index in [1.807, 2.05) is 30.3 Å². The minimum Gasteiger partial charge on any atom is -0.382 e. The number of nitrogens with zero attached hydrogens (tertiary/aromatic N) is 1. The Bertz CT molecular complexity index is 524. The topological polar surface area (TPSA) is 94.0 Å². The highest BCUT2D eigenvalue weighted by Gasteiger charge is 2.16. The van der Waals surface area contributed by atoms with Crippen LogP contribution in [0.15, 0.2) is 30.3 Å². The van der Waals surface area contributed by atoms with Crippen molar-refractivity contribution in [1.82, 2.24) is 4.37 Å². The molecule has 0 aliphatic rings. The van der Waals surface area contributed by atoms with Crippen LogP contribution >= 0.6 is 11.5 Å². The molecule has 17 heavy (non-hydrogen) atoms. The van der Waals surface area contributed by atoms with Gasteiger partial charge in [-0.3, -0.25) is 4.79 Å². The van der Waals surface area contributed by atoms with Crippen molar-refractivity contribution in [2.45, 2.75) is 6.54 Å². The smallest absolute Gasteiger partial charge is 0.255 e. The first-order chi connectivity index (χ1) is 8.18. The molecule has 0 saturated carbocycles. The summed E-state index contributed by atoms with van der Waals surface area (Å²) in [4.78, 5) is 11.2. The zero-order valence-electron chi connectivity index (χ0n) is 9.01. The van der Waals surface area contributed by atoms with E-state index in [0.717, 1.165) is 17.1 Å². The summed E-state index contributed by atoms with van der Waals surface area (Å²) in [7, 11) is 0. The molecule has 0 saturated heterocycles. The molecule has 0 aliphatic carbocycles. The second-order valence-electron chi connectivity index (χ2n) is 3.48. The molecule has 0 fully saturated rings. The average molecular weight is 248 g/mol. The van der Waals surface area contributed by atoms with Gasteiger partial charge >= 0.3 is 0 Å². The Labute approximate surface area is 103 Å². The van der Waals surface area contributed by atoms with Crippen molar-refractivity contribution in [3.63, 3.8) is 0 Å². The highest BCUT2D eigenvalue weighted by molar-refractivity contribution is 7.11. The van der Waals surface area contributed by atoms with Crippen molar-refractivity contribution in [3.8, 4) is 0 Å². The first kappa shape index (κ1) is 11.4. The number of hydrogen-bond donors (Lipinski definition) is 3. The van der Waals surface area contributed by atoms with Gasteiger partial charge in [-0.15, -0.1) is 0 Å². The first-order valence-corrected chi connectivity index (χ1v) is 5.78. The largest absolute Gasteiger partial charge is 0.382 e. The summed E-state index contributed by atoms with van der Waals surface area (Å²) in [5.41, 5.74) is 12.2. The zero-order valence-corrected chi connectivity index (χ0v) is 9.83. The van der Waals surface area contributed by atoms with Gasteiger partial charge in [-0.2, -0.15) is 4.37 Å². The van der Waals surface area contributed by atoms with E-state index < -0.39 is 5.91 Å².